The Hall–Kier alpha value is -3.25. The molecule has 0 fully saturated rings. The number of allylic oxidation sites excluding steroid dienone is 1. The van der Waals surface area contributed by atoms with Crippen molar-refractivity contribution >= 4 is 10.0 Å². The Kier molecular flexibility index (Phi) is 6.11. The molecule has 0 aliphatic carbocycles. The normalized spacial score (nSPS) is 12.6. The molecule has 32 heavy (non-hydrogen) atoms. The topological polar surface area (TPSA) is 95.4 Å². The van der Waals surface area contributed by atoms with Gasteiger partial charge in [0.15, 0.2) is 12.4 Å². The Morgan fingerprint density at radius 3 is 2.22 bits per heavy atom. The highest BCUT2D eigenvalue weighted by Crippen LogP contribution is 2.39. The molecule has 0 aliphatic rings. The molecule has 0 radical (unpaired) electrons. The van der Waals surface area contributed by atoms with Crippen molar-refractivity contribution < 1.29 is 39.6 Å². The molecule has 0 spiro atoms. The molecule has 0 bridgehead atoms. The first kappa shape index (κ1) is 23.4. The average molecular weight is 474 g/mol. The lowest BCUT2D eigenvalue weighted by molar-refractivity contribution is -0.154. The van der Waals surface area contributed by atoms with Gasteiger partial charge in [0, 0.05) is 17.2 Å². The summed E-state index contributed by atoms with van der Waals surface area (Å²) in [6.45, 7) is 1.27. The monoisotopic (exact) mass is 474 g/mol. The summed E-state index contributed by atoms with van der Waals surface area (Å²) in [6, 6.07) is 9.89. The number of primary sulfonamides is 1. The van der Waals surface area contributed by atoms with E-state index < -0.39 is 40.0 Å². The van der Waals surface area contributed by atoms with Crippen molar-refractivity contribution in [3.63, 3.8) is 0 Å². The maximum atomic E-state index is 14.3. The van der Waals surface area contributed by atoms with Crippen molar-refractivity contribution in [3.8, 4) is 28.3 Å². The summed E-state index contributed by atoms with van der Waals surface area (Å²) < 4.78 is 98.3. The van der Waals surface area contributed by atoms with Crippen LogP contribution in [0.3, 0.4) is 0 Å². The zero-order valence-electron chi connectivity index (χ0n) is 16.1. The van der Waals surface area contributed by atoms with E-state index in [1.54, 1.807) is 0 Å². The van der Waals surface area contributed by atoms with Gasteiger partial charge >= 0.3 is 6.18 Å². The predicted molar refractivity (Wildman–Crippen MR) is 104 cm³/mol. The van der Waals surface area contributed by atoms with E-state index in [9.17, 15) is 30.4 Å². The van der Waals surface area contributed by atoms with Crippen LogP contribution in [0.2, 0.25) is 0 Å². The molecule has 0 aliphatic heterocycles. The Labute approximate surface area is 179 Å². The summed E-state index contributed by atoms with van der Waals surface area (Å²) in [5.41, 5.74) is -0.0185. The molecular formula is C20H15F5N2O4S. The van der Waals surface area contributed by atoms with E-state index in [1.165, 1.54) is 36.4 Å². The minimum absolute atomic E-state index is 0.0407. The van der Waals surface area contributed by atoms with Gasteiger partial charge in [0.25, 0.3) is 5.92 Å². The van der Waals surface area contributed by atoms with E-state index in [2.05, 4.69) is 16.5 Å². The van der Waals surface area contributed by atoms with Crippen LogP contribution >= 0.6 is 0 Å². The molecule has 170 valence electrons. The summed E-state index contributed by atoms with van der Waals surface area (Å²) in [7, 11) is -3.88. The zero-order chi connectivity index (χ0) is 23.7. The van der Waals surface area contributed by atoms with Crippen LogP contribution in [-0.4, -0.2) is 26.4 Å². The van der Waals surface area contributed by atoms with Crippen LogP contribution in [0, 0.1) is 0 Å². The Morgan fingerprint density at radius 1 is 1.03 bits per heavy atom. The summed E-state index contributed by atoms with van der Waals surface area (Å²) in [4.78, 5) is -0.115. The number of sulfonamides is 1. The quantitative estimate of drug-likeness (QED) is 0.389. The van der Waals surface area contributed by atoms with Crippen LogP contribution in [-0.2, 0) is 15.9 Å². The molecule has 0 amide bonds. The molecule has 3 rings (SSSR count). The van der Waals surface area contributed by atoms with Crippen molar-refractivity contribution in [3.05, 3.63) is 66.7 Å². The largest absolute Gasteiger partial charge is 0.484 e. The Morgan fingerprint density at radius 2 is 1.66 bits per heavy atom. The Bertz CT molecular complexity index is 1240. The standard InChI is InChI=1S/C20H15F5N2O4S/c1-2-19(21,22)15-9-13(5-8-17(15)30-11-20(23,24)25)18-10-16(27-31-18)12-3-6-14(7-4-12)32(26,28)29/h2-10H,1,11H2,(H2,26,28,29). The van der Waals surface area contributed by atoms with Crippen LogP contribution < -0.4 is 9.88 Å². The van der Waals surface area contributed by atoms with E-state index in [-0.39, 0.29) is 28.0 Å². The first-order chi connectivity index (χ1) is 14.8. The molecule has 6 nitrogen and oxygen atoms in total. The number of halogens is 5. The average Bonchev–Trinajstić information content (AvgIpc) is 3.21. The van der Waals surface area contributed by atoms with Crippen LogP contribution in [0.5, 0.6) is 5.75 Å². The second-order valence-electron chi connectivity index (χ2n) is 6.59. The predicted octanol–water partition coefficient (Wildman–Crippen LogP) is 4.87. The molecule has 1 heterocycles. The van der Waals surface area contributed by atoms with Gasteiger partial charge in [-0.1, -0.05) is 23.9 Å². The lowest BCUT2D eigenvalue weighted by Gasteiger charge is -2.18. The van der Waals surface area contributed by atoms with Gasteiger partial charge < -0.3 is 9.26 Å². The fourth-order valence-corrected chi connectivity index (χ4v) is 3.22. The van der Waals surface area contributed by atoms with E-state index in [0.717, 1.165) is 12.1 Å². The Balaban J connectivity index is 1.96. The number of alkyl halides is 5. The highest BCUT2D eigenvalue weighted by Gasteiger charge is 2.34. The molecule has 0 saturated heterocycles. The number of rotatable bonds is 7. The summed E-state index contributed by atoms with van der Waals surface area (Å²) in [5.74, 6) is -4.29. The van der Waals surface area contributed by atoms with Crippen LogP contribution in [0.4, 0.5) is 22.0 Å². The number of aromatic nitrogens is 1. The fraction of sp³-hybridized carbons (Fsp3) is 0.150. The molecule has 2 N–H and O–H groups in total. The summed E-state index contributed by atoms with van der Waals surface area (Å²) in [6.07, 6.45) is -4.43. The van der Waals surface area contributed by atoms with Crippen molar-refractivity contribution in [1.82, 2.24) is 5.16 Å². The molecule has 0 unspecified atom stereocenters. The van der Waals surface area contributed by atoms with Crippen molar-refractivity contribution in [1.29, 1.82) is 0 Å². The molecule has 12 heteroatoms. The number of benzene rings is 2. The van der Waals surface area contributed by atoms with Crippen molar-refractivity contribution in [2.75, 3.05) is 6.61 Å². The third kappa shape index (κ3) is 5.32. The lowest BCUT2D eigenvalue weighted by Crippen LogP contribution is -2.21. The minimum atomic E-state index is -4.71. The lowest BCUT2D eigenvalue weighted by atomic mass is 10.0. The van der Waals surface area contributed by atoms with Crippen LogP contribution in [0.25, 0.3) is 22.6 Å². The van der Waals surface area contributed by atoms with Gasteiger partial charge in [0.05, 0.1) is 10.5 Å². The molecule has 3 aromatic rings. The highest BCUT2D eigenvalue weighted by atomic mass is 32.2. The van der Waals surface area contributed by atoms with Gasteiger partial charge in [0.1, 0.15) is 11.4 Å². The number of hydrogen-bond donors (Lipinski definition) is 1. The third-order valence-electron chi connectivity index (χ3n) is 4.26. The maximum absolute atomic E-state index is 14.3. The van der Waals surface area contributed by atoms with Gasteiger partial charge in [-0.15, -0.1) is 0 Å². The number of hydrogen-bond acceptors (Lipinski definition) is 5. The molecule has 2 aromatic carbocycles. The van der Waals surface area contributed by atoms with Gasteiger partial charge in [-0.25, -0.2) is 13.6 Å². The smallest absolute Gasteiger partial charge is 0.422 e. The SMILES string of the molecule is C=CC(F)(F)c1cc(-c2cc(-c3ccc(S(N)(=O)=O)cc3)no2)ccc1OCC(F)(F)F. The van der Waals surface area contributed by atoms with E-state index in [4.69, 9.17) is 9.66 Å². The highest BCUT2D eigenvalue weighted by molar-refractivity contribution is 7.89. The molecule has 0 atom stereocenters. The number of ether oxygens (including phenoxy) is 1. The minimum Gasteiger partial charge on any atom is -0.484 e. The zero-order valence-corrected chi connectivity index (χ0v) is 16.9. The van der Waals surface area contributed by atoms with Crippen LogP contribution in [0.15, 0.2) is 70.6 Å². The third-order valence-corrected chi connectivity index (χ3v) is 5.19. The van der Waals surface area contributed by atoms with E-state index in [1.807, 2.05) is 0 Å². The fourth-order valence-electron chi connectivity index (χ4n) is 2.70. The first-order valence-electron chi connectivity index (χ1n) is 8.76. The van der Waals surface area contributed by atoms with Crippen molar-refractivity contribution in [2.45, 2.75) is 17.0 Å². The molecule has 1 aromatic heterocycles. The van der Waals surface area contributed by atoms with E-state index in [0.29, 0.717) is 5.56 Å². The van der Waals surface area contributed by atoms with Gasteiger partial charge in [-0.05, 0) is 36.4 Å². The number of nitrogens with zero attached hydrogens (tertiary/aromatic N) is 1. The van der Waals surface area contributed by atoms with E-state index >= 15 is 0 Å². The molecule has 0 saturated carbocycles. The first-order valence-corrected chi connectivity index (χ1v) is 10.3. The second kappa shape index (κ2) is 8.36. The maximum Gasteiger partial charge on any atom is 0.422 e. The van der Waals surface area contributed by atoms with Gasteiger partial charge in [-0.3, -0.25) is 0 Å². The van der Waals surface area contributed by atoms with Gasteiger partial charge in [-0.2, -0.15) is 22.0 Å². The second-order valence-corrected chi connectivity index (χ2v) is 8.15. The van der Waals surface area contributed by atoms with Gasteiger partial charge in [0.2, 0.25) is 10.0 Å². The van der Waals surface area contributed by atoms with Crippen molar-refractivity contribution in [2.24, 2.45) is 5.14 Å². The van der Waals surface area contributed by atoms with Crippen LogP contribution in [0.1, 0.15) is 5.56 Å². The number of nitrogens with two attached hydrogens (primary N) is 1. The molecular weight excluding hydrogens is 459 g/mol. The summed E-state index contributed by atoms with van der Waals surface area (Å²) >= 11 is 0. The summed E-state index contributed by atoms with van der Waals surface area (Å²) in [5, 5.41) is 8.86.